The zero-order chi connectivity index (χ0) is 26.3. The molecule has 0 aliphatic heterocycles. The number of rotatable bonds is 8. The molecule has 0 bridgehead atoms. The molecule has 190 valence electrons. The van der Waals surface area contributed by atoms with Crippen LogP contribution in [0.25, 0.3) is 0 Å². The minimum atomic E-state index is -1.20. The van der Waals surface area contributed by atoms with Crippen molar-refractivity contribution in [3.8, 4) is 11.5 Å². The van der Waals surface area contributed by atoms with Gasteiger partial charge < -0.3 is 30.1 Å². The van der Waals surface area contributed by atoms with E-state index in [9.17, 15) is 19.5 Å². The Balaban J connectivity index is 2.37. The Morgan fingerprint density at radius 3 is 2.29 bits per heavy atom. The highest BCUT2D eigenvalue weighted by Crippen LogP contribution is 2.32. The Bertz CT molecular complexity index is 1050. The van der Waals surface area contributed by atoms with E-state index in [-0.39, 0.29) is 17.1 Å². The normalized spacial score (nSPS) is 12.8. The molecule has 2 atom stereocenters. The van der Waals surface area contributed by atoms with Gasteiger partial charge in [0, 0.05) is 24.1 Å². The number of nitrogens with zero attached hydrogens (tertiary/aromatic N) is 1. The van der Waals surface area contributed by atoms with E-state index in [1.807, 2.05) is 0 Å². The largest absolute Gasteiger partial charge is 0.507 e. The number of nitrogens with one attached hydrogen (secondary N) is 2. The van der Waals surface area contributed by atoms with E-state index in [1.54, 1.807) is 70.2 Å². The maximum atomic E-state index is 13.4. The number of ether oxygens (including phenoxy) is 2. The number of phenols is 1. The van der Waals surface area contributed by atoms with E-state index in [0.717, 1.165) is 0 Å². The van der Waals surface area contributed by atoms with Gasteiger partial charge in [0.05, 0.1) is 7.11 Å². The Kier molecular flexibility index (Phi) is 9.41. The molecule has 3 amide bonds. The molecule has 10 heteroatoms. The van der Waals surface area contributed by atoms with E-state index in [2.05, 4.69) is 23.3 Å². The zero-order valence-electron chi connectivity index (χ0n) is 20.8. The summed E-state index contributed by atoms with van der Waals surface area (Å²) in [5.74, 6) is -0.656. The number of hydrogen-bond donors (Lipinski definition) is 4. The van der Waals surface area contributed by atoms with Crippen LogP contribution in [0.5, 0.6) is 11.5 Å². The number of carbonyl (C=O) groups is 3. The van der Waals surface area contributed by atoms with Crippen LogP contribution in [0.1, 0.15) is 37.9 Å². The minimum absolute atomic E-state index is 0.0327. The van der Waals surface area contributed by atoms with Crippen molar-refractivity contribution in [2.24, 2.45) is 0 Å². The van der Waals surface area contributed by atoms with E-state index in [0.29, 0.717) is 17.0 Å². The molecule has 2 rings (SSSR count). The Hall–Kier alpha value is -3.40. The van der Waals surface area contributed by atoms with Gasteiger partial charge in [-0.2, -0.15) is 12.6 Å². The van der Waals surface area contributed by atoms with Gasteiger partial charge in [-0.1, -0.05) is 18.2 Å². The van der Waals surface area contributed by atoms with Gasteiger partial charge in [0.25, 0.3) is 5.91 Å². The van der Waals surface area contributed by atoms with Crippen LogP contribution in [0.3, 0.4) is 0 Å². The molecule has 2 aromatic rings. The molecule has 35 heavy (non-hydrogen) atoms. The number of hydrogen-bond acceptors (Lipinski definition) is 7. The van der Waals surface area contributed by atoms with Crippen LogP contribution in [-0.4, -0.2) is 59.5 Å². The number of likely N-dealkylation sites (N-methyl/N-ethyl adjacent to an activating group) is 1. The summed E-state index contributed by atoms with van der Waals surface area (Å²) in [6.45, 7) is 6.81. The van der Waals surface area contributed by atoms with Crippen LogP contribution in [0.15, 0.2) is 42.5 Å². The number of thiol groups is 1. The Morgan fingerprint density at radius 2 is 1.74 bits per heavy atom. The first-order valence-electron chi connectivity index (χ1n) is 11.0. The Morgan fingerprint density at radius 1 is 1.11 bits per heavy atom. The van der Waals surface area contributed by atoms with Gasteiger partial charge in [-0.3, -0.25) is 9.59 Å². The predicted molar refractivity (Wildman–Crippen MR) is 137 cm³/mol. The van der Waals surface area contributed by atoms with Crippen LogP contribution in [0.2, 0.25) is 0 Å². The number of benzene rings is 2. The van der Waals surface area contributed by atoms with Gasteiger partial charge in [-0.15, -0.1) is 0 Å². The smallest absolute Gasteiger partial charge is 0.408 e. The molecule has 3 N–H and O–H groups in total. The fraction of sp³-hybridized carbons (Fsp3) is 0.400. The second kappa shape index (κ2) is 11.8. The van der Waals surface area contributed by atoms with Crippen LogP contribution in [0.4, 0.5) is 10.5 Å². The summed E-state index contributed by atoms with van der Waals surface area (Å²) in [6.07, 6.45) is -0.782. The van der Waals surface area contributed by atoms with Gasteiger partial charge in [-0.05, 0) is 57.5 Å². The first-order valence-corrected chi connectivity index (χ1v) is 11.6. The van der Waals surface area contributed by atoms with Gasteiger partial charge in [0.2, 0.25) is 5.91 Å². The van der Waals surface area contributed by atoms with Gasteiger partial charge in [-0.25, -0.2) is 4.79 Å². The summed E-state index contributed by atoms with van der Waals surface area (Å²) in [6, 6.07) is 9.37. The van der Waals surface area contributed by atoms with Gasteiger partial charge >= 0.3 is 6.09 Å². The molecular formula is C25H33N3O6S. The summed E-state index contributed by atoms with van der Waals surface area (Å²) in [4.78, 5) is 40.2. The maximum absolute atomic E-state index is 13.4. The van der Waals surface area contributed by atoms with Crippen LogP contribution >= 0.6 is 12.6 Å². The number of aryl methyl sites for hydroxylation is 1. The lowest BCUT2D eigenvalue weighted by atomic mass is 10.00. The average molecular weight is 504 g/mol. The third-order valence-electron chi connectivity index (χ3n) is 5.08. The molecule has 0 aliphatic rings. The molecule has 2 unspecified atom stereocenters. The molecule has 0 aromatic heterocycles. The summed E-state index contributed by atoms with van der Waals surface area (Å²) < 4.78 is 10.4. The molecular weight excluding hydrogens is 470 g/mol. The molecule has 0 saturated heterocycles. The quantitative estimate of drug-likeness (QED) is 0.409. The highest BCUT2D eigenvalue weighted by atomic mass is 32.1. The standard InChI is InChI=1S/C25H33N3O6S/c1-15-8-7-9-18(21(15)29)20(22(30)26-16-10-12-17(33-6)13-11-16)28(5)23(31)19(14-35)27-24(32)34-25(2,3)4/h7-13,19-20,29,35H,14H2,1-6H3,(H,26,30)(H,27,32). The third kappa shape index (κ3) is 7.54. The van der Waals surface area contributed by atoms with Crippen molar-refractivity contribution >= 4 is 36.2 Å². The lowest BCUT2D eigenvalue weighted by Crippen LogP contribution is -2.52. The molecule has 0 aliphatic carbocycles. The molecule has 0 fully saturated rings. The van der Waals surface area contributed by atoms with Gasteiger partial charge in [0.15, 0.2) is 0 Å². The summed E-state index contributed by atoms with van der Waals surface area (Å²) in [7, 11) is 2.96. The van der Waals surface area contributed by atoms with Crippen molar-refractivity contribution in [3.05, 3.63) is 53.6 Å². The van der Waals surface area contributed by atoms with Crippen molar-refractivity contribution < 1.29 is 29.0 Å². The fourth-order valence-electron chi connectivity index (χ4n) is 3.32. The number of alkyl carbamates (subject to hydrolysis) is 1. The third-order valence-corrected chi connectivity index (χ3v) is 5.44. The fourth-order valence-corrected chi connectivity index (χ4v) is 3.57. The first kappa shape index (κ1) is 27.8. The van der Waals surface area contributed by atoms with Crippen molar-refractivity contribution in [1.82, 2.24) is 10.2 Å². The van der Waals surface area contributed by atoms with E-state index >= 15 is 0 Å². The number of phenolic OH excluding ortho intramolecular Hbond substituents is 1. The Labute approximate surface area is 211 Å². The monoisotopic (exact) mass is 503 g/mol. The summed E-state index contributed by atoms with van der Waals surface area (Å²) in [5.41, 5.74) is 0.505. The highest BCUT2D eigenvalue weighted by Gasteiger charge is 2.35. The summed E-state index contributed by atoms with van der Waals surface area (Å²) >= 11 is 4.20. The second-order valence-corrected chi connectivity index (χ2v) is 9.33. The van der Waals surface area contributed by atoms with Crippen LogP contribution < -0.4 is 15.4 Å². The number of methoxy groups -OCH3 is 1. The average Bonchev–Trinajstić information content (AvgIpc) is 2.79. The number of aromatic hydroxyl groups is 1. The van der Waals surface area contributed by atoms with Crippen molar-refractivity contribution in [2.75, 3.05) is 25.2 Å². The van der Waals surface area contributed by atoms with E-state index < -0.39 is 35.6 Å². The molecule has 9 nitrogen and oxygen atoms in total. The molecule has 0 spiro atoms. The highest BCUT2D eigenvalue weighted by molar-refractivity contribution is 7.80. The molecule has 0 heterocycles. The van der Waals surface area contributed by atoms with Gasteiger partial charge in [0.1, 0.15) is 29.2 Å². The summed E-state index contributed by atoms with van der Waals surface area (Å²) in [5, 5.41) is 16.0. The van der Waals surface area contributed by atoms with Crippen LogP contribution in [-0.2, 0) is 14.3 Å². The molecule has 0 radical (unpaired) electrons. The maximum Gasteiger partial charge on any atom is 0.408 e. The number of para-hydroxylation sites is 1. The second-order valence-electron chi connectivity index (χ2n) is 8.96. The number of anilines is 1. The lowest BCUT2D eigenvalue weighted by Gasteiger charge is -2.31. The number of carbonyl (C=O) groups excluding carboxylic acids is 3. The minimum Gasteiger partial charge on any atom is -0.507 e. The first-order chi connectivity index (χ1) is 16.4. The SMILES string of the molecule is COc1ccc(NC(=O)C(c2cccc(C)c2O)N(C)C(=O)C(CS)NC(=O)OC(C)(C)C)cc1. The van der Waals surface area contributed by atoms with Crippen molar-refractivity contribution in [1.29, 1.82) is 0 Å². The van der Waals surface area contributed by atoms with E-state index in [4.69, 9.17) is 9.47 Å². The van der Waals surface area contributed by atoms with Crippen molar-refractivity contribution in [2.45, 2.75) is 45.4 Å². The lowest BCUT2D eigenvalue weighted by molar-refractivity contribution is -0.138. The van der Waals surface area contributed by atoms with E-state index in [1.165, 1.54) is 19.1 Å². The molecule has 2 aromatic carbocycles. The number of amides is 3. The topological polar surface area (TPSA) is 117 Å². The molecule has 0 saturated carbocycles. The zero-order valence-corrected chi connectivity index (χ0v) is 21.7. The van der Waals surface area contributed by atoms with Crippen LogP contribution in [0, 0.1) is 6.92 Å². The van der Waals surface area contributed by atoms with Crippen molar-refractivity contribution in [3.63, 3.8) is 0 Å². The predicted octanol–water partition coefficient (Wildman–Crippen LogP) is 3.67.